The molecule has 0 heterocycles. The van der Waals surface area contributed by atoms with Crippen LogP contribution in [0.25, 0.3) is 0 Å². The number of alkyl halides is 2. The number of rotatable bonds is 5. The number of amides is 1. The third-order valence-electron chi connectivity index (χ3n) is 2.16. The lowest BCUT2D eigenvalue weighted by molar-refractivity contribution is -0.123. The van der Waals surface area contributed by atoms with E-state index in [2.05, 4.69) is 0 Å². The van der Waals surface area contributed by atoms with Gasteiger partial charge in [0.15, 0.2) is 11.6 Å². The highest BCUT2D eigenvalue weighted by atomic mass is 19.3. The molecule has 0 unspecified atom stereocenters. The van der Waals surface area contributed by atoms with Crippen molar-refractivity contribution in [3.63, 3.8) is 0 Å². The Hall–Kier alpha value is -1.63. The lowest BCUT2D eigenvalue weighted by Crippen LogP contribution is -2.39. The zero-order valence-corrected chi connectivity index (χ0v) is 9.22. The Morgan fingerprint density at radius 1 is 1.33 bits per heavy atom. The molecule has 0 saturated carbocycles. The Morgan fingerprint density at radius 3 is 2.61 bits per heavy atom. The lowest BCUT2D eigenvalue weighted by Gasteiger charge is -2.14. The average molecular weight is 265 g/mol. The van der Waals surface area contributed by atoms with Crippen LogP contribution in [0, 0.1) is 11.6 Å². The molecule has 1 amide bonds. The summed E-state index contributed by atoms with van der Waals surface area (Å²) in [6, 6.07) is 3.28. The Balaban J connectivity index is 2.58. The third-order valence-corrected chi connectivity index (χ3v) is 2.16. The number of benzene rings is 1. The Kier molecular flexibility index (Phi) is 4.66. The summed E-state index contributed by atoms with van der Waals surface area (Å²) in [6.07, 6.45) is -0.550. The van der Waals surface area contributed by atoms with Crippen molar-refractivity contribution in [1.29, 1.82) is 0 Å². The molecule has 7 heteroatoms. The smallest absolute Gasteiger partial charge is 0.287 e. The second-order valence-electron chi connectivity index (χ2n) is 3.68. The van der Waals surface area contributed by atoms with E-state index < -0.39 is 43.0 Å². The van der Waals surface area contributed by atoms with Crippen LogP contribution in [0.5, 0.6) is 0 Å². The van der Waals surface area contributed by atoms with Gasteiger partial charge in [0.05, 0.1) is 13.0 Å². The molecule has 1 rings (SSSR count). The first kappa shape index (κ1) is 14.4. The molecule has 1 aromatic rings. The van der Waals surface area contributed by atoms with E-state index in [-0.39, 0.29) is 5.56 Å². The molecule has 0 radical (unpaired) electrons. The summed E-state index contributed by atoms with van der Waals surface area (Å²) in [6.45, 7) is -2.46. The summed E-state index contributed by atoms with van der Waals surface area (Å²) in [5.74, 6) is -6.61. The number of hydrogen-bond acceptors (Lipinski definition) is 2. The molecule has 18 heavy (non-hydrogen) atoms. The van der Waals surface area contributed by atoms with Gasteiger partial charge in [0.25, 0.3) is 5.92 Å². The maximum absolute atomic E-state index is 13.2. The average Bonchev–Trinajstić information content (AvgIpc) is 2.33. The van der Waals surface area contributed by atoms with Gasteiger partial charge in [-0.2, -0.15) is 0 Å². The predicted octanol–water partition coefficient (Wildman–Crippen LogP) is 1.25. The molecule has 2 N–H and O–H groups in total. The van der Waals surface area contributed by atoms with Crippen LogP contribution in [-0.2, 0) is 11.2 Å². The molecular formula is C11H11F4NO2. The zero-order chi connectivity index (χ0) is 13.8. The molecule has 0 fully saturated rings. The number of carbonyl (C=O) groups excluding carboxylic acids is 1. The molecule has 100 valence electrons. The highest BCUT2D eigenvalue weighted by Crippen LogP contribution is 2.13. The van der Waals surface area contributed by atoms with Crippen molar-refractivity contribution in [2.24, 2.45) is 0 Å². The number of nitrogens with one attached hydrogen (secondary N) is 1. The van der Waals surface area contributed by atoms with Gasteiger partial charge in [0, 0.05) is 5.56 Å². The summed E-state index contributed by atoms with van der Waals surface area (Å²) in [5, 5.41) is 10.1. The Morgan fingerprint density at radius 2 is 2.00 bits per heavy atom. The topological polar surface area (TPSA) is 49.3 Å². The quantitative estimate of drug-likeness (QED) is 0.787. The summed E-state index contributed by atoms with van der Waals surface area (Å²) >= 11 is 0. The molecular weight excluding hydrogens is 254 g/mol. The molecule has 3 nitrogen and oxygen atoms in total. The summed E-state index contributed by atoms with van der Waals surface area (Å²) in [4.78, 5) is 11.2. The van der Waals surface area contributed by atoms with Crippen molar-refractivity contribution >= 4 is 5.91 Å². The number of aliphatic hydroxyl groups excluding tert-OH is 1. The van der Waals surface area contributed by atoms with Crippen molar-refractivity contribution < 1.29 is 27.5 Å². The van der Waals surface area contributed by atoms with Crippen LogP contribution in [0.4, 0.5) is 17.6 Å². The van der Waals surface area contributed by atoms with E-state index in [1.54, 1.807) is 0 Å². The van der Waals surface area contributed by atoms with E-state index in [0.717, 1.165) is 6.07 Å². The van der Waals surface area contributed by atoms with Crippen LogP contribution in [0.1, 0.15) is 5.56 Å². The van der Waals surface area contributed by atoms with Gasteiger partial charge in [0.1, 0.15) is 6.61 Å². The lowest BCUT2D eigenvalue weighted by atomic mass is 10.1. The van der Waals surface area contributed by atoms with Gasteiger partial charge in [-0.1, -0.05) is 12.1 Å². The minimum atomic E-state index is -3.43. The first-order chi connectivity index (χ1) is 8.35. The zero-order valence-electron chi connectivity index (χ0n) is 9.22. The van der Waals surface area contributed by atoms with Crippen LogP contribution in [-0.4, -0.2) is 30.1 Å². The largest absolute Gasteiger partial charge is 0.390 e. The molecule has 0 atom stereocenters. The maximum atomic E-state index is 13.2. The maximum Gasteiger partial charge on any atom is 0.287 e. The standard InChI is InChI=1S/C11H11F4NO2/c12-8-3-1-2-7(10(8)13)4-9(18)16-5-11(14,15)6-17/h1-3,17H,4-6H2,(H,16,18). The molecule has 0 bridgehead atoms. The van der Waals surface area contributed by atoms with Crippen molar-refractivity contribution in [2.75, 3.05) is 13.2 Å². The molecule has 0 aromatic heterocycles. The van der Waals surface area contributed by atoms with Crippen LogP contribution in [0.3, 0.4) is 0 Å². The van der Waals surface area contributed by atoms with Gasteiger partial charge in [-0.05, 0) is 6.07 Å². The number of carbonyl (C=O) groups is 1. The minimum Gasteiger partial charge on any atom is -0.390 e. The minimum absolute atomic E-state index is 0.222. The number of aliphatic hydroxyl groups is 1. The van der Waals surface area contributed by atoms with Gasteiger partial charge in [-0.3, -0.25) is 4.79 Å². The molecule has 0 aliphatic carbocycles. The second kappa shape index (κ2) is 5.81. The normalized spacial score (nSPS) is 11.4. The molecule has 0 spiro atoms. The van der Waals surface area contributed by atoms with E-state index in [1.165, 1.54) is 12.1 Å². The van der Waals surface area contributed by atoms with Crippen molar-refractivity contribution in [3.8, 4) is 0 Å². The van der Waals surface area contributed by atoms with Crippen molar-refractivity contribution in [3.05, 3.63) is 35.4 Å². The van der Waals surface area contributed by atoms with Crippen LogP contribution < -0.4 is 5.32 Å². The fraction of sp³-hybridized carbons (Fsp3) is 0.364. The molecule has 1 aromatic carbocycles. The van der Waals surface area contributed by atoms with Crippen molar-refractivity contribution in [1.82, 2.24) is 5.32 Å². The molecule has 0 saturated heterocycles. The molecule has 0 aliphatic rings. The van der Waals surface area contributed by atoms with E-state index in [9.17, 15) is 22.4 Å². The Bertz CT molecular complexity index is 437. The monoisotopic (exact) mass is 265 g/mol. The summed E-state index contributed by atoms with van der Waals surface area (Å²) < 4.78 is 51.2. The highest BCUT2D eigenvalue weighted by molar-refractivity contribution is 5.78. The molecule has 0 aliphatic heterocycles. The van der Waals surface area contributed by atoms with Gasteiger partial charge >= 0.3 is 0 Å². The fourth-order valence-electron chi connectivity index (χ4n) is 1.20. The Labute approximate surface area is 100 Å². The van der Waals surface area contributed by atoms with Gasteiger partial charge in [-0.25, -0.2) is 17.6 Å². The second-order valence-corrected chi connectivity index (χ2v) is 3.68. The first-order valence-electron chi connectivity index (χ1n) is 5.04. The van der Waals surface area contributed by atoms with Crippen LogP contribution >= 0.6 is 0 Å². The summed E-state index contributed by atoms with van der Waals surface area (Å²) in [7, 11) is 0. The van der Waals surface area contributed by atoms with Gasteiger partial charge in [-0.15, -0.1) is 0 Å². The van der Waals surface area contributed by atoms with E-state index >= 15 is 0 Å². The number of halogens is 4. The van der Waals surface area contributed by atoms with Gasteiger partial charge in [0.2, 0.25) is 5.91 Å². The first-order valence-corrected chi connectivity index (χ1v) is 5.04. The summed E-state index contributed by atoms with van der Waals surface area (Å²) in [5.41, 5.74) is -0.222. The van der Waals surface area contributed by atoms with E-state index in [1.807, 2.05) is 5.32 Å². The third kappa shape index (κ3) is 3.99. The van der Waals surface area contributed by atoms with Crippen molar-refractivity contribution in [2.45, 2.75) is 12.3 Å². The van der Waals surface area contributed by atoms with Gasteiger partial charge < -0.3 is 10.4 Å². The van der Waals surface area contributed by atoms with E-state index in [0.29, 0.717) is 0 Å². The van der Waals surface area contributed by atoms with Crippen LogP contribution in [0.2, 0.25) is 0 Å². The predicted molar refractivity (Wildman–Crippen MR) is 55.1 cm³/mol. The highest BCUT2D eigenvalue weighted by Gasteiger charge is 2.28. The van der Waals surface area contributed by atoms with E-state index in [4.69, 9.17) is 5.11 Å². The SMILES string of the molecule is O=C(Cc1cccc(F)c1F)NCC(F)(F)CO. The van der Waals surface area contributed by atoms with Crippen LogP contribution in [0.15, 0.2) is 18.2 Å². The fourth-order valence-corrected chi connectivity index (χ4v) is 1.20. The number of hydrogen-bond donors (Lipinski definition) is 2.